The first-order valence-corrected chi connectivity index (χ1v) is 8.00. The molecule has 1 N–H and O–H groups in total. The third-order valence-corrected chi connectivity index (χ3v) is 3.56. The zero-order valence-corrected chi connectivity index (χ0v) is 14.8. The molecule has 3 rings (SSSR count). The lowest BCUT2D eigenvalue weighted by Crippen LogP contribution is -2.20. The summed E-state index contributed by atoms with van der Waals surface area (Å²) in [5.74, 6) is 2.70. The lowest BCUT2D eigenvalue weighted by atomic mass is 10.3. The molecule has 26 heavy (non-hydrogen) atoms. The Morgan fingerprint density at radius 3 is 2.54 bits per heavy atom. The largest absolute Gasteiger partial charge is 0.493 e. The number of carbonyl (C=O) groups is 1. The van der Waals surface area contributed by atoms with Crippen molar-refractivity contribution < 1.29 is 14.3 Å². The highest BCUT2D eigenvalue weighted by Crippen LogP contribution is 2.30. The Bertz CT molecular complexity index is 905. The standard InChI is InChI=1S/C18H19N5O3/c1-12-20-13(2)23(22-12)11-17(24)21-14-8-9-18(19-10-14)26-16-7-5-4-6-15(16)25-3/h4-10H,11H2,1-3H3,(H,21,24). The predicted molar refractivity (Wildman–Crippen MR) is 95.4 cm³/mol. The maximum atomic E-state index is 12.1. The molecule has 0 fully saturated rings. The summed E-state index contributed by atoms with van der Waals surface area (Å²) in [7, 11) is 1.58. The second-order valence-electron chi connectivity index (χ2n) is 5.55. The summed E-state index contributed by atoms with van der Waals surface area (Å²) in [5.41, 5.74) is 0.567. The van der Waals surface area contributed by atoms with Crippen LogP contribution in [-0.2, 0) is 11.3 Å². The normalized spacial score (nSPS) is 10.4. The van der Waals surface area contributed by atoms with Crippen LogP contribution in [-0.4, -0.2) is 32.8 Å². The van der Waals surface area contributed by atoms with Crippen LogP contribution < -0.4 is 14.8 Å². The number of rotatable bonds is 6. The van der Waals surface area contributed by atoms with Crippen LogP contribution in [0.5, 0.6) is 17.4 Å². The van der Waals surface area contributed by atoms with Gasteiger partial charge >= 0.3 is 0 Å². The number of nitrogens with zero attached hydrogens (tertiary/aromatic N) is 4. The number of anilines is 1. The molecule has 8 heteroatoms. The van der Waals surface area contributed by atoms with Crippen LogP contribution in [0, 0.1) is 13.8 Å². The highest BCUT2D eigenvalue weighted by Gasteiger charge is 2.09. The highest BCUT2D eigenvalue weighted by atomic mass is 16.5. The molecule has 3 aromatic rings. The van der Waals surface area contributed by atoms with E-state index in [-0.39, 0.29) is 12.5 Å². The predicted octanol–water partition coefficient (Wildman–Crippen LogP) is 2.73. The average Bonchev–Trinajstić information content (AvgIpc) is 2.94. The number of amides is 1. The SMILES string of the molecule is COc1ccccc1Oc1ccc(NC(=O)Cn2nc(C)nc2C)cn1. The van der Waals surface area contributed by atoms with E-state index >= 15 is 0 Å². The van der Waals surface area contributed by atoms with E-state index in [1.165, 1.54) is 6.20 Å². The zero-order valence-electron chi connectivity index (χ0n) is 14.8. The van der Waals surface area contributed by atoms with E-state index in [1.54, 1.807) is 49.9 Å². The molecule has 0 bridgehead atoms. The molecule has 1 aromatic carbocycles. The average molecular weight is 353 g/mol. The molecule has 2 aromatic heterocycles. The lowest BCUT2D eigenvalue weighted by Gasteiger charge is -2.10. The number of ether oxygens (including phenoxy) is 2. The zero-order chi connectivity index (χ0) is 18.5. The summed E-state index contributed by atoms with van der Waals surface area (Å²) >= 11 is 0. The molecule has 2 heterocycles. The van der Waals surface area contributed by atoms with Crippen LogP contribution in [0.25, 0.3) is 0 Å². The van der Waals surface area contributed by atoms with E-state index in [9.17, 15) is 4.79 Å². The van der Waals surface area contributed by atoms with Crippen LogP contribution >= 0.6 is 0 Å². The Morgan fingerprint density at radius 1 is 1.15 bits per heavy atom. The van der Waals surface area contributed by atoms with Crippen molar-refractivity contribution in [3.05, 3.63) is 54.2 Å². The smallest absolute Gasteiger partial charge is 0.246 e. The Hall–Kier alpha value is -3.42. The molecular weight excluding hydrogens is 334 g/mol. The van der Waals surface area contributed by atoms with Crippen molar-refractivity contribution in [1.82, 2.24) is 19.7 Å². The first-order valence-electron chi connectivity index (χ1n) is 8.00. The maximum absolute atomic E-state index is 12.1. The molecule has 1 amide bonds. The summed E-state index contributed by atoms with van der Waals surface area (Å²) in [6.07, 6.45) is 1.53. The number of benzene rings is 1. The van der Waals surface area contributed by atoms with Gasteiger partial charge in [-0.05, 0) is 32.0 Å². The minimum Gasteiger partial charge on any atom is -0.493 e. The van der Waals surface area contributed by atoms with Gasteiger partial charge in [0.2, 0.25) is 11.8 Å². The monoisotopic (exact) mass is 353 g/mol. The molecule has 0 spiro atoms. The third-order valence-electron chi connectivity index (χ3n) is 3.56. The molecule has 134 valence electrons. The fraction of sp³-hybridized carbons (Fsp3) is 0.222. The van der Waals surface area contributed by atoms with Crippen LogP contribution in [0.15, 0.2) is 42.6 Å². The Balaban J connectivity index is 1.62. The summed E-state index contributed by atoms with van der Waals surface area (Å²) < 4.78 is 12.5. The first kappa shape index (κ1) is 17.4. The molecule has 0 saturated carbocycles. The number of methoxy groups -OCH3 is 1. The third kappa shape index (κ3) is 4.15. The van der Waals surface area contributed by atoms with Gasteiger partial charge in [0.1, 0.15) is 18.2 Å². The topological polar surface area (TPSA) is 91.2 Å². The number of pyridine rings is 1. The molecular formula is C18H19N5O3. The van der Waals surface area contributed by atoms with Gasteiger partial charge in [-0.2, -0.15) is 5.10 Å². The van der Waals surface area contributed by atoms with Gasteiger partial charge in [0, 0.05) is 6.07 Å². The van der Waals surface area contributed by atoms with Gasteiger partial charge < -0.3 is 14.8 Å². The minimum absolute atomic E-state index is 0.0894. The number of nitrogens with one attached hydrogen (secondary N) is 1. The lowest BCUT2D eigenvalue weighted by molar-refractivity contribution is -0.116. The van der Waals surface area contributed by atoms with Gasteiger partial charge in [-0.3, -0.25) is 4.79 Å². The van der Waals surface area contributed by atoms with Gasteiger partial charge in [-0.15, -0.1) is 0 Å². The number of aromatic nitrogens is 4. The fourth-order valence-corrected chi connectivity index (χ4v) is 2.38. The van der Waals surface area contributed by atoms with Crippen LogP contribution in [0.4, 0.5) is 5.69 Å². The van der Waals surface area contributed by atoms with Crippen molar-refractivity contribution in [1.29, 1.82) is 0 Å². The number of hydrogen-bond donors (Lipinski definition) is 1. The van der Waals surface area contributed by atoms with E-state index in [4.69, 9.17) is 9.47 Å². The van der Waals surface area contributed by atoms with Crippen LogP contribution in [0.1, 0.15) is 11.6 Å². The van der Waals surface area contributed by atoms with E-state index in [0.717, 1.165) is 0 Å². The Kier molecular flexibility index (Phi) is 5.12. The number of hydrogen-bond acceptors (Lipinski definition) is 6. The van der Waals surface area contributed by atoms with E-state index in [1.807, 2.05) is 12.1 Å². The van der Waals surface area contributed by atoms with Crippen molar-refractivity contribution in [3.8, 4) is 17.4 Å². The molecule has 0 atom stereocenters. The van der Waals surface area contributed by atoms with Crippen LogP contribution in [0.2, 0.25) is 0 Å². The number of para-hydroxylation sites is 2. The highest BCUT2D eigenvalue weighted by molar-refractivity contribution is 5.90. The quantitative estimate of drug-likeness (QED) is 0.733. The maximum Gasteiger partial charge on any atom is 0.246 e. The minimum atomic E-state index is -0.210. The van der Waals surface area contributed by atoms with Gasteiger partial charge in [0.05, 0.1) is 19.0 Å². The van der Waals surface area contributed by atoms with Crippen molar-refractivity contribution in [2.75, 3.05) is 12.4 Å². The Morgan fingerprint density at radius 2 is 1.92 bits per heavy atom. The summed E-state index contributed by atoms with van der Waals surface area (Å²) in [6.45, 7) is 3.68. The summed E-state index contributed by atoms with van der Waals surface area (Å²) in [6, 6.07) is 10.7. The van der Waals surface area contributed by atoms with E-state index in [0.29, 0.717) is 34.7 Å². The molecule has 0 aliphatic heterocycles. The van der Waals surface area contributed by atoms with Crippen LogP contribution in [0.3, 0.4) is 0 Å². The van der Waals surface area contributed by atoms with Gasteiger partial charge in [0.25, 0.3) is 0 Å². The first-order chi connectivity index (χ1) is 12.5. The molecule has 0 aliphatic carbocycles. The van der Waals surface area contributed by atoms with Crippen molar-refractivity contribution in [2.24, 2.45) is 0 Å². The number of aryl methyl sites for hydroxylation is 2. The molecule has 0 aliphatic rings. The van der Waals surface area contributed by atoms with Crippen molar-refractivity contribution >= 4 is 11.6 Å². The second kappa shape index (κ2) is 7.64. The van der Waals surface area contributed by atoms with Crippen molar-refractivity contribution in [2.45, 2.75) is 20.4 Å². The summed E-state index contributed by atoms with van der Waals surface area (Å²) in [4.78, 5) is 20.5. The molecule has 8 nitrogen and oxygen atoms in total. The molecule has 0 unspecified atom stereocenters. The Labute approximate surface area is 150 Å². The summed E-state index contributed by atoms with van der Waals surface area (Å²) in [5, 5.41) is 6.94. The van der Waals surface area contributed by atoms with E-state index in [2.05, 4.69) is 20.4 Å². The number of carbonyl (C=O) groups excluding carboxylic acids is 1. The van der Waals surface area contributed by atoms with Gasteiger partial charge in [-0.1, -0.05) is 12.1 Å². The fourth-order valence-electron chi connectivity index (χ4n) is 2.38. The molecule has 0 radical (unpaired) electrons. The van der Waals surface area contributed by atoms with Crippen molar-refractivity contribution in [3.63, 3.8) is 0 Å². The molecule has 0 saturated heterocycles. The second-order valence-corrected chi connectivity index (χ2v) is 5.55. The van der Waals surface area contributed by atoms with Gasteiger partial charge in [0.15, 0.2) is 11.5 Å². The van der Waals surface area contributed by atoms with Gasteiger partial charge in [-0.25, -0.2) is 14.6 Å². The van der Waals surface area contributed by atoms with E-state index < -0.39 is 0 Å².